The fraction of sp³-hybridized carbons (Fsp3) is 0.385. The van der Waals surface area contributed by atoms with E-state index >= 15 is 0 Å². The maximum Gasteiger partial charge on any atom is 0.119 e. The van der Waals surface area contributed by atoms with Crippen LogP contribution in [0.2, 0.25) is 0 Å². The summed E-state index contributed by atoms with van der Waals surface area (Å²) in [6.07, 6.45) is 5.91. The number of hydrogen-bond donors (Lipinski definition) is 2. The second-order valence-corrected chi connectivity index (χ2v) is 3.47. The second kappa shape index (κ2) is 6.89. The molecule has 0 saturated heterocycles. The first-order valence-electron chi connectivity index (χ1n) is 5.32. The molecule has 3 N–H and O–H groups in total. The predicted octanol–water partition coefficient (Wildman–Crippen LogP) is 1.31. The zero-order valence-corrected chi connectivity index (χ0v) is 9.57. The summed E-state index contributed by atoms with van der Waals surface area (Å²) >= 11 is 0. The summed E-state index contributed by atoms with van der Waals surface area (Å²) in [4.78, 5) is 0. The smallest absolute Gasteiger partial charge is 0.119 e. The van der Waals surface area contributed by atoms with Gasteiger partial charge in [0.1, 0.15) is 5.75 Å². The standard InChI is InChI=1S/C13H18N2O/c1-3-4-8-15-13(10-14)11-6-5-7-12(9-11)16-2/h1,5-7,9,13,15H,4,8,10,14H2,2H3. The van der Waals surface area contributed by atoms with Crippen LogP contribution in [0.25, 0.3) is 0 Å². The molecular formula is C13H18N2O. The van der Waals surface area contributed by atoms with Gasteiger partial charge in [-0.05, 0) is 17.7 Å². The van der Waals surface area contributed by atoms with Crippen LogP contribution in [0.3, 0.4) is 0 Å². The molecule has 1 aromatic carbocycles. The Bertz CT molecular complexity index is 357. The topological polar surface area (TPSA) is 47.3 Å². The summed E-state index contributed by atoms with van der Waals surface area (Å²) in [6.45, 7) is 1.31. The number of terminal acetylenes is 1. The average Bonchev–Trinajstić information content (AvgIpc) is 2.35. The maximum absolute atomic E-state index is 5.72. The molecule has 0 fully saturated rings. The van der Waals surface area contributed by atoms with Crippen molar-refractivity contribution in [3.63, 3.8) is 0 Å². The summed E-state index contributed by atoms with van der Waals surface area (Å²) in [6, 6.07) is 8.02. The van der Waals surface area contributed by atoms with Gasteiger partial charge in [-0.25, -0.2) is 0 Å². The molecule has 86 valence electrons. The molecular weight excluding hydrogens is 200 g/mol. The maximum atomic E-state index is 5.72. The lowest BCUT2D eigenvalue weighted by Crippen LogP contribution is -2.28. The Morgan fingerprint density at radius 2 is 2.38 bits per heavy atom. The summed E-state index contributed by atoms with van der Waals surface area (Å²) in [7, 11) is 1.66. The Kier molecular flexibility index (Phi) is 5.41. The molecule has 0 aliphatic rings. The summed E-state index contributed by atoms with van der Waals surface area (Å²) < 4.78 is 5.17. The second-order valence-electron chi connectivity index (χ2n) is 3.47. The normalized spacial score (nSPS) is 11.8. The van der Waals surface area contributed by atoms with Crippen molar-refractivity contribution in [2.45, 2.75) is 12.5 Å². The third kappa shape index (κ3) is 3.58. The number of benzene rings is 1. The molecule has 1 atom stereocenters. The van der Waals surface area contributed by atoms with Crippen molar-refractivity contribution in [2.75, 3.05) is 20.2 Å². The van der Waals surface area contributed by atoms with Gasteiger partial charge in [-0.15, -0.1) is 12.3 Å². The highest BCUT2D eigenvalue weighted by Crippen LogP contribution is 2.18. The van der Waals surface area contributed by atoms with Crippen molar-refractivity contribution < 1.29 is 4.74 Å². The van der Waals surface area contributed by atoms with Gasteiger partial charge in [-0.2, -0.15) is 0 Å². The number of ether oxygens (including phenoxy) is 1. The zero-order valence-electron chi connectivity index (χ0n) is 9.57. The highest BCUT2D eigenvalue weighted by atomic mass is 16.5. The number of nitrogens with one attached hydrogen (secondary N) is 1. The van der Waals surface area contributed by atoms with Gasteiger partial charge in [-0.3, -0.25) is 0 Å². The van der Waals surface area contributed by atoms with E-state index in [0.29, 0.717) is 13.0 Å². The monoisotopic (exact) mass is 218 g/mol. The number of rotatable bonds is 6. The van der Waals surface area contributed by atoms with Crippen LogP contribution < -0.4 is 15.8 Å². The molecule has 3 nitrogen and oxygen atoms in total. The first-order chi connectivity index (χ1) is 7.81. The van der Waals surface area contributed by atoms with E-state index in [1.54, 1.807) is 7.11 Å². The molecule has 1 aromatic rings. The Balaban J connectivity index is 2.67. The summed E-state index contributed by atoms with van der Waals surface area (Å²) in [5.41, 5.74) is 6.85. The molecule has 0 saturated carbocycles. The molecule has 1 unspecified atom stereocenters. The summed E-state index contributed by atoms with van der Waals surface area (Å²) in [5.74, 6) is 3.44. The van der Waals surface area contributed by atoms with Gasteiger partial charge in [0.15, 0.2) is 0 Å². The molecule has 0 aromatic heterocycles. The number of methoxy groups -OCH3 is 1. The van der Waals surface area contributed by atoms with Gasteiger partial charge in [0.2, 0.25) is 0 Å². The molecule has 0 spiro atoms. The van der Waals surface area contributed by atoms with Crippen LogP contribution in [0.5, 0.6) is 5.75 Å². The molecule has 0 radical (unpaired) electrons. The van der Waals surface area contributed by atoms with Crippen LogP contribution >= 0.6 is 0 Å². The van der Waals surface area contributed by atoms with Crippen molar-refractivity contribution in [2.24, 2.45) is 5.73 Å². The Morgan fingerprint density at radius 1 is 1.56 bits per heavy atom. The van der Waals surface area contributed by atoms with Gasteiger partial charge in [0, 0.05) is 25.6 Å². The lowest BCUT2D eigenvalue weighted by molar-refractivity contribution is 0.413. The highest BCUT2D eigenvalue weighted by Gasteiger charge is 2.08. The SMILES string of the molecule is C#CCCNC(CN)c1cccc(OC)c1. The van der Waals surface area contributed by atoms with Crippen LogP contribution in [0.4, 0.5) is 0 Å². The minimum absolute atomic E-state index is 0.128. The molecule has 0 amide bonds. The predicted molar refractivity (Wildman–Crippen MR) is 66.2 cm³/mol. The van der Waals surface area contributed by atoms with Gasteiger partial charge >= 0.3 is 0 Å². The third-order valence-electron chi connectivity index (χ3n) is 2.39. The lowest BCUT2D eigenvalue weighted by Gasteiger charge is -2.17. The van der Waals surface area contributed by atoms with E-state index in [1.807, 2.05) is 24.3 Å². The van der Waals surface area contributed by atoms with E-state index < -0.39 is 0 Å². The van der Waals surface area contributed by atoms with Crippen molar-refractivity contribution in [1.82, 2.24) is 5.32 Å². The van der Waals surface area contributed by atoms with E-state index in [-0.39, 0.29) is 6.04 Å². The minimum Gasteiger partial charge on any atom is -0.497 e. The van der Waals surface area contributed by atoms with Crippen molar-refractivity contribution >= 4 is 0 Å². The van der Waals surface area contributed by atoms with Crippen molar-refractivity contribution in [1.29, 1.82) is 0 Å². The molecule has 3 heteroatoms. The van der Waals surface area contributed by atoms with E-state index in [4.69, 9.17) is 16.9 Å². The fourth-order valence-electron chi connectivity index (χ4n) is 1.51. The summed E-state index contributed by atoms with van der Waals surface area (Å²) in [5, 5.41) is 3.31. The van der Waals surface area contributed by atoms with Crippen LogP contribution in [0, 0.1) is 12.3 Å². The first-order valence-corrected chi connectivity index (χ1v) is 5.32. The largest absolute Gasteiger partial charge is 0.497 e. The van der Waals surface area contributed by atoms with Crippen LogP contribution in [-0.4, -0.2) is 20.2 Å². The van der Waals surface area contributed by atoms with E-state index in [0.717, 1.165) is 17.9 Å². The Hall–Kier alpha value is -1.50. The van der Waals surface area contributed by atoms with Gasteiger partial charge in [-0.1, -0.05) is 12.1 Å². The van der Waals surface area contributed by atoms with E-state index in [2.05, 4.69) is 11.2 Å². The Labute approximate surface area is 97.0 Å². The number of nitrogens with two attached hydrogens (primary N) is 1. The van der Waals surface area contributed by atoms with Crippen molar-refractivity contribution in [3.05, 3.63) is 29.8 Å². The van der Waals surface area contributed by atoms with E-state index in [9.17, 15) is 0 Å². The van der Waals surface area contributed by atoms with Crippen molar-refractivity contribution in [3.8, 4) is 18.1 Å². The van der Waals surface area contributed by atoms with Crippen LogP contribution in [0.1, 0.15) is 18.0 Å². The molecule has 1 rings (SSSR count). The van der Waals surface area contributed by atoms with Gasteiger partial charge in [0.05, 0.1) is 7.11 Å². The van der Waals surface area contributed by atoms with E-state index in [1.165, 1.54) is 0 Å². The molecule has 0 aliphatic heterocycles. The molecule has 0 heterocycles. The third-order valence-corrected chi connectivity index (χ3v) is 2.39. The molecule has 16 heavy (non-hydrogen) atoms. The minimum atomic E-state index is 0.128. The van der Waals surface area contributed by atoms with Crippen LogP contribution in [0.15, 0.2) is 24.3 Å². The fourth-order valence-corrected chi connectivity index (χ4v) is 1.51. The molecule has 0 aliphatic carbocycles. The quantitative estimate of drug-likeness (QED) is 0.559. The lowest BCUT2D eigenvalue weighted by atomic mass is 10.1. The Morgan fingerprint density at radius 3 is 3.00 bits per heavy atom. The van der Waals surface area contributed by atoms with Crippen LogP contribution in [-0.2, 0) is 0 Å². The average molecular weight is 218 g/mol. The highest BCUT2D eigenvalue weighted by molar-refractivity contribution is 5.30. The number of hydrogen-bond acceptors (Lipinski definition) is 3. The van der Waals surface area contributed by atoms with Gasteiger partial charge in [0.25, 0.3) is 0 Å². The zero-order chi connectivity index (χ0) is 11.8. The van der Waals surface area contributed by atoms with Gasteiger partial charge < -0.3 is 15.8 Å². The molecule has 0 bridgehead atoms. The first kappa shape index (κ1) is 12.6.